The van der Waals surface area contributed by atoms with Crippen molar-refractivity contribution < 1.29 is 13.6 Å². The number of carbonyl (C=O) groups excluding carboxylic acids is 1. The summed E-state index contributed by atoms with van der Waals surface area (Å²) >= 11 is 0. The van der Waals surface area contributed by atoms with Crippen LogP contribution in [0.4, 0.5) is 10.2 Å². The fourth-order valence-corrected chi connectivity index (χ4v) is 6.26. The number of nitrogens with zero attached hydrogens (tertiary/aromatic N) is 5. The van der Waals surface area contributed by atoms with Crippen molar-refractivity contribution in [1.29, 1.82) is 0 Å². The van der Waals surface area contributed by atoms with Gasteiger partial charge in [0.2, 0.25) is 0 Å². The molecule has 10 heteroatoms. The first-order valence-electron chi connectivity index (χ1n) is 12.9. The van der Waals surface area contributed by atoms with E-state index >= 15 is 4.39 Å². The number of fused-ring (bicyclic) bond motifs is 3. The summed E-state index contributed by atoms with van der Waals surface area (Å²) in [4.78, 5) is 23.9. The van der Waals surface area contributed by atoms with E-state index in [1.807, 2.05) is 33.8 Å². The number of pyridine rings is 2. The van der Waals surface area contributed by atoms with Gasteiger partial charge in [0.15, 0.2) is 8.32 Å². The molecule has 0 aliphatic rings. The van der Waals surface area contributed by atoms with Crippen LogP contribution in [0.3, 0.4) is 0 Å². The smallest absolute Gasteiger partial charge is 0.257 e. The van der Waals surface area contributed by atoms with Crippen LogP contribution >= 0.6 is 0 Å². The van der Waals surface area contributed by atoms with Crippen LogP contribution in [0.2, 0.25) is 19.6 Å². The molecule has 0 spiro atoms. The van der Waals surface area contributed by atoms with E-state index in [0.29, 0.717) is 34.0 Å². The Kier molecular flexibility index (Phi) is 7.52. The molecule has 0 fully saturated rings. The molecular formula is C29H35FN6O2Si. The van der Waals surface area contributed by atoms with Crippen LogP contribution < -0.4 is 5.73 Å². The minimum Gasteiger partial charge on any atom is -0.402 e. The Balaban J connectivity index is 1.61. The number of nitrogen functional groups attached to an aromatic ring is 1. The lowest BCUT2D eigenvalue weighted by atomic mass is 10.1. The van der Waals surface area contributed by atoms with Crippen molar-refractivity contribution in [3.8, 4) is 11.8 Å². The highest BCUT2D eigenvalue weighted by Gasteiger charge is 2.25. The number of aryl methyl sites for hydroxylation is 2. The maximum Gasteiger partial charge on any atom is 0.257 e. The third-order valence-corrected chi connectivity index (χ3v) is 7.40. The molecule has 0 aliphatic carbocycles. The zero-order valence-corrected chi connectivity index (χ0v) is 24.8. The molecular weight excluding hydrogens is 511 g/mol. The molecule has 0 aliphatic heterocycles. The lowest BCUT2D eigenvalue weighted by molar-refractivity contribution is 0.0746. The summed E-state index contributed by atoms with van der Waals surface area (Å²) in [6, 6.07) is 4.70. The molecule has 0 saturated heterocycles. The van der Waals surface area contributed by atoms with E-state index < -0.39 is 25.6 Å². The second kappa shape index (κ2) is 10.4. The molecule has 39 heavy (non-hydrogen) atoms. The van der Waals surface area contributed by atoms with E-state index in [-0.39, 0.29) is 17.9 Å². The summed E-state index contributed by atoms with van der Waals surface area (Å²) in [5.41, 5.74) is 8.94. The van der Waals surface area contributed by atoms with E-state index in [1.165, 1.54) is 12.1 Å². The lowest BCUT2D eigenvalue weighted by Gasteiger charge is -2.28. The van der Waals surface area contributed by atoms with E-state index in [0.717, 1.165) is 11.1 Å². The van der Waals surface area contributed by atoms with Crippen molar-refractivity contribution in [3.63, 3.8) is 0 Å². The molecule has 0 radical (unpaired) electrons. The minimum atomic E-state index is -1.75. The molecule has 0 saturated carbocycles. The van der Waals surface area contributed by atoms with Crippen LogP contribution in [0.15, 0.2) is 30.6 Å². The molecule has 4 rings (SSSR count). The predicted molar refractivity (Wildman–Crippen MR) is 155 cm³/mol. The third kappa shape index (κ3) is 6.10. The predicted octanol–water partition coefficient (Wildman–Crippen LogP) is 5.19. The molecule has 3 heterocycles. The average molecular weight is 547 g/mol. The Morgan fingerprint density at radius 2 is 1.92 bits per heavy atom. The first-order valence-corrected chi connectivity index (χ1v) is 16.3. The van der Waals surface area contributed by atoms with Gasteiger partial charge in [-0.15, -0.1) is 0 Å². The standard InChI is InChI=1S/C29H35FN6O2Si/c1-9-36(17-20-12-18(2)19(15-32-20)10-11-29(3,4)38-39(6,7)8)28(37)21-13-22-25(14-24(21)30)34-27(31)23-16-33-35(5)26(22)23/h12-16H,9,17H2,1-8H3,(H2,31,34). The summed E-state index contributed by atoms with van der Waals surface area (Å²) in [6.07, 6.45) is 3.33. The van der Waals surface area contributed by atoms with Crippen LogP contribution in [0.1, 0.15) is 48.0 Å². The van der Waals surface area contributed by atoms with Gasteiger partial charge in [0.1, 0.15) is 17.2 Å². The number of carbonyl (C=O) groups is 1. The Labute approximate surface area is 229 Å². The van der Waals surface area contributed by atoms with Gasteiger partial charge in [-0.1, -0.05) is 11.8 Å². The SMILES string of the molecule is CCN(Cc1cc(C)c(C#CC(C)(C)O[Si](C)(C)C)cn1)C(=O)c1cc2c(cc1F)nc(N)c1cnn(C)c12. The molecule has 1 aromatic carbocycles. The summed E-state index contributed by atoms with van der Waals surface area (Å²) in [6.45, 7) is 14.8. The molecule has 8 nitrogen and oxygen atoms in total. The van der Waals surface area contributed by atoms with Gasteiger partial charge in [-0.2, -0.15) is 5.10 Å². The molecule has 1 amide bonds. The summed E-state index contributed by atoms with van der Waals surface area (Å²) in [5.74, 6) is 5.59. The zero-order valence-electron chi connectivity index (χ0n) is 23.8. The first-order chi connectivity index (χ1) is 18.2. The minimum absolute atomic E-state index is 0.0396. The van der Waals surface area contributed by atoms with E-state index in [4.69, 9.17) is 10.2 Å². The van der Waals surface area contributed by atoms with Gasteiger partial charge < -0.3 is 15.1 Å². The van der Waals surface area contributed by atoms with Gasteiger partial charge >= 0.3 is 0 Å². The van der Waals surface area contributed by atoms with Gasteiger partial charge in [-0.05, 0) is 65.0 Å². The third-order valence-electron chi connectivity index (χ3n) is 6.28. The summed E-state index contributed by atoms with van der Waals surface area (Å²) in [7, 11) is 0.0252. The molecule has 2 N–H and O–H groups in total. The maximum atomic E-state index is 15.2. The Bertz CT molecular complexity index is 1650. The van der Waals surface area contributed by atoms with Crippen LogP contribution in [-0.4, -0.2) is 51.0 Å². The van der Waals surface area contributed by atoms with Crippen molar-refractivity contribution >= 4 is 41.8 Å². The quantitative estimate of drug-likeness (QED) is 0.264. The van der Waals surface area contributed by atoms with Gasteiger partial charge in [0, 0.05) is 36.8 Å². The molecule has 0 bridgehead atoms. The number of rotatable bonds is 6. The molecule has 4 aromatic rings. The summed E-state index contributed by atoms with van der Waals surface area (Å²) < 4.78 is 23.0. The fourth-order valence-electron chi connectivity index (χ4n) is 4.68. The second-order valence-electron chi connectivity index (χ2n) is 11.2. The normalized spacial score (nSPS) is 12.0. The Morgan fingerprint density at radius 1 is 1.21 bits per heavy atom. The van der Waals surface area contributed by atoms with Crippen molar-refractivity contribution in [3.05, 3.63) is 58.8 Å². The number of hydrogen-bond acceptors (Lipinski definition) is 6. The van der Waals surface area contributed by atoms with Gasteiger partial charge in [0.05, 0.1) is 40.4 Å². The van der Waals surface area contributed by atoms with E-state index in [1.54, 1.807) is 29.0 Å². The second-order valence-corrected chi connectivity index (χ2v) is 15.6. The average Bonchev–Trinajstić information content (AvgIpc) is 3.22. The van der Waals surface area contributed by atoms with Crippen molar-refractivity contribution in [2.45, 2.75) is 59.5 Å². The highest BCUT2D eigenvalue weighted by Crippen LogP contribution is 2.30. The maximum absolute atomic E-state index is 15.2. The number of hydrogen-bond donors (Lipinski definition) is 1. The zero-order chi connectivity index (χ0) is 28.7. The largest absolute Gasteiger partial charge is 0.402 e. The number of amides is 1. The number of nitrogens with two attached hydrogens (primary N) is 1. The van der Waals surface area contributed by atoms with Gasteiger partial charge in [0.25, 0.3) is 5.91 Å². The van der Waals surface area contributed by atoms with Gasteiger partial charge in [-0.25, -0.2) is 9.37 Å². The highest BCUT2D eigenvalue weighted by molar-refractivity contribution is 6.69. The monoisotopic (exact) mass is 546 g/mol. The van der Waals surface area contributed by atoms with Crippen LogP contribution in [0, 0.1) is 24.6 Å². The van der Waals surface area contributed by atoms with Gasteiger partial charge in [-0.3, -0.25) is 14.5 Å². The Morgan fingerprint density at radius 3 is 2.56 bits per heavy atom. The molecule has 3 aromatic heterocycles. The lowest BCUT2D eigenvalue weighted by Crippen LogP contribution is -2.37. The summed E-state index contributed by atoms with van der Waals surface area (Å²) in [5, 5.41) is 5.52. The van der Waals surface area contributed by atoms with Crippen LogP contribution in [0.5, 0.6) is 0 Å². The fraction of sp³-hybridized carbons (Fsp3) is 0.379. The first kappa shape index (κ1) is 28.2. The van der Waals surface area contributed by atoms with Crippen molar-refractivity contribution in [1.82, 2.24) is 24.6 Å². The Hall–Kier alpha value is -3.81. The molecule has 204 valence electrons. The molecule has 0 atom stereocenters. The van der Waals surface area contributed by atoms with E-state index in [2.05, 4.69) is 46.5 Å². The van der Waals surface area contributed by atoms with Crippen molar-refractivity contribution in [2.75, 3.05) is 12.3 Å². The topological polar surface area (TPSA) is 99.2 Å². The highest BCUT2D eigenvalue weighted by atomic mass is 28.4. The van der Waals surface area contributed by atoms with Crippen LogP contribution in [-0.2, 0) is 18.0 Å². The molecule has 0 unspecified atom stereocenters. The number of benzene rings is 1. The van der Waals surface area contributed by atoms with Crippen molar-refractivity contribution in [2.24, 2.45) is 7.05 Å². The number of halogens is 1. The van der Waals surface area contributed by atoms with E-state index in [9.17, 15) is 4.79 Å². The van der Waals surface area contributed by atoms with Crippen LogP contribution in [0.25, 0.3) is 21.8 Å². The number of anilines is 1. The number of aromatic nitrogens is 4.